The topological polar surface area (TPSA) is 63.2 Å². The number of para-hydroxylation sites is 1. The van der Waals surface area contributed by atoms with Crippen LogP contribution in [0.25, 0.3) is 0 Å². The number of amides is 2. The van der Waals surface area contributed by atoms with Gasteiger partial charge in [0.15, 0.2) is 0 Å². The van der Waals surface area contributed by atoms with Crippen molar-refractivity contribution in [3.8, 4) is 5.75 Å². The monoisotopic (exact) mass is 319 g/mol. The van der Waals surface area contributed by atoms with Crippen LogP contribution in [-0.2, 0) is 6.54 Å². The number of nitrogens with one attached hydrogen (secondary N) is 2. The molecule has 0 saturated carbocycles. The van der Waals surface area contributed by atoms with E-state index in [2.05, 4.69) is 15.6 Å². The van der Waals surface area contributed by atoms with Gasteiger partial charge in [-0.1, -0.05) is 29.8 Å². The molecule has 1 aromatic heterocycles. The Labute approximate surface area is 134 Å². The maximum absolute atomic E-state index is 11.7. The molecule has 116 valence electrons. The number of aromatic nitrogens is 1. The van der Waals surface area contributed by atoms with Crippen molar-refractivity contribution in [3.63, 3.8) is 0 Å². The normalized spacial score (nSPS) is 11.5. The first-order valence-corrected chi connectivity index (χ1v) is 7.34. The number of halogens is 1. The zero-order valence-electron chi connectivity index (χ0n) is 12.3. The summed E-state index contributed by atoms with van der Waals surface area (Å²) in [6.45, 7) is 2.67. The smallest absolute Gasteiger partial charge is 0.315 e. The van der Waals surface area contributed by atoms with Crippen LogP contribution in [0.4, 0.5) is 4.79 Å². The fourth-order valence-electron chi connectivity index (χ4n) is 1.78. The van der Waals surface area contributed by atoms with Crippen LogP contribution in [0.2, 0.25) is 5.02 Å². The molecule has 22 heavy (non-hydrogen) atoms. The zero-order chi connectivity index (χ0) is 15.8. The van der Waals surface area contributed by atoms with Crippen LogP contribution in [0.3, 0.4) is 0 Å². The first kappa shape index (κ1) is 16.1. The highest BCUT2D eigenvalue weighted by molar-refractivity contribution is 6.32. The summed E-state index contributed by atoms with van der Waals surface area (Å²) >= 11 is 6.02. The summed E-state index contributed by atoms with van der Waals surface area (Å²) in [5, 5.41) is 6.06. The Kier molecular flexibility index (Phi) is 6.03. The number of rotatable bonds is 6. The molecule has 0 spiro atoms. The fourth-order valence-corrected chi connectivity index (χ4v) is 1.96. The molecule has 0 fully saturated rings. The molecule has 2 amide bonds. The van der Waals surface area contributed by atoms with Gasteiger partial charge < -0.3 is 15.4 Å². The third-order valence-corrected chi connectivity index (χ3v) is 3.20. The van der Waals surface area contributed by atoms with Crippen molar-refractivity contribution >= 4 is 17.6 Å². The number of hydrogen-bond acceptors (Lipinski definition) is 3. The Balaban J connectivity index is 1.71. The molecule has 0 aliphatic heterocycles. The van der Waals surface area contributed by atoms with Crippen LogP contribution in [0.1, 0.15) is 12.5 Å². The molecule has 2 rings (SSSR count). The van der Waals surface area contributed by atoms with Gasteiger partial charge in [-0.3, -0.25) is 4.98 Å². The quantitative estimate of drug-likeness (QED) is 0.860. The highest BCUT2D eigenvalue weighted by Gasteiger charge is 2.08. The molecule has 5 nitrogen and oxygen atoms in total. The second kappa shape index (κ2) is 8.24. The predicted octanol–water partition coefficient (Wildman–Crippen LogP) is 3.00. The minimum Gasteiger partial charge on any atom is -0.487 e. The molecule has 2 N–H and O–H groups in total. The lowest BCUT2D eigenvalue weighted by Gasteiger charge is -2.16. The minimum atomic E-state index is -0.251. The van der Waals surface area contributed by atoms with E-state index in [4.69, 9.17) is 16.3 Å². The summed E-state index contributed by atoms with van der Waals surface area (Å²) in [6, 6.07) is 10.7. The van der Waals surface area contributed by atoms with Crippen LogP contribution in [0.5, 0.6) is 5.75 Å². The van der Waals surface area contributed by atoms with Gasteiger partial charge >= 0.3 is 6.03 Å². The Morgan fingerprint density at radius 1 is 1.27 bits per heavy atom. The van der Waals surface area contributed by atoms with E-state index in [-0.39, 0.29) is 12.1 Å². The van der Waals surface area contributed by atoms with Crippen molar-refractivity contribution in [3.05, 3.63) is 59.4 Å². The van der Waals surface area contributed by atoms with Gasteiger partial charge in [0.25, 0.3) is 0 Å². The molecule has 1 atom stereocenters. The third-order valence-electron chi connectivity index (χ3n) is 2.89. The van der Waals surface area contributed by atoms with Crippen molar-refractivity contribution in [2.45, 2.75) is 19.6 Å². The van der Waals surface area contributed by atoms with Crippen LogP contribution >= 0.6 is 11.6 Å². The summed E-state index contributed by atoms with van der Waals surface area (Å²) in [7, 11) is 0. The van der Waals surface area contributed by atoms with Crippen molar-refractivity contribution in [2.24, 2.45) is 0 Å². The Bertz CT molecular complexity index is 607. The first-order chi connectivity index (χ1) is 10.6. The van der Waals surface area contributed by atoms with Gasteiger partial charge in [-0.2, -0.15) is 0 Å². The van der Waals surface area contributed by atoms with Crippen LogP contribution in [0.15, 0.2) is 48.8 Å². The van der Waals surface area contributed by atoms with Gasteiger partial charge in [0.2, 0.25) is 0 Å². The molecule has 2 aromatic rings. The maximum Gasteiger partial charge on any atom is 0.315 e. The van der Waals surface area contributed by atoms with Crippen molar-refractivity contribution in [1.29, 1.82) is 0 Å². The SMILES string of the molecule is C[C@H](CNC(=O)NCc1cccnc1)Oc1ccccc1Cl. The Morgan fingerprint density at radius 2 is 2.09 bits per heavy atom. The Hall–Kier alpha value is -2.27. The lowest BCUT2D eigenvalue weighted by molar-refractivity contribution is 0.207. The second-order valence-electron chi connectivity index (χ2n) is 4.78. The van der Waals surface area contributed by atoms with E-state index in [0.29, 0.717) is 23.9 Å². The van der Waals surface area contributed by atoms with Crippen molar-refractivity contribution in [2.75, 3.05) is 6.54 Å². The molecule has 0 bridgehead atoms. The van der Waals surface area contributed by atoms with Crippen LogP contribution in [0, 0.1) is 0 Å². The highest BCUT2D eigenvalue weighted by Crippen LogP contribution is 2.23. The van der Waals surface area contributed by atoms with E-state index in [1.807, 2.05) is 31.2 Å². The van der Waals surface area contributed by atoms with Gasteiger partial charge in [0.05, 0.1) is 11.6 Å². The average molecular weight is 320 g/mol. The zero-order valence-corrected chi connectivity index (χ0v) is 13.0. The summed E-state index contributed by atoms with van der Waals surface area (Å²) in [6.07, 6.45) is 3.21. The molecule has 6 heteroatoms. The van der Waals surface area contributed by atoms with E-state index in [1.54, 1.807) is 24.5 Å². The Morgan fingerprint density at radius 3 is 2.82 bits per heavy atom. The van der Waals surface area contributed by atoms with Crippen LogP contribution in [-0.4, -0.2) is 23.7 Å². The summed E-state index contributed by atoms with van der Waals surface area (Å²) in [4.78, 5) is 15.7. The first-order valence-electron chi connectivity index (χ1n) is 6.97. The molecule has 1 aromatic carbocycles. The number of carbonyl (C=O) groups is 1. The predicted molar refractivity (Wildman–Crippen MR) is 86.0 cm³/mol. The van der Waals surface area contributed by atoms with Gasteiger partial charge in [0.1, 0.15) is 11.9 Å². The average Bonchev–Trinajstić information content (AvgIpc) is 2.54. The largest absolute Gasteiger partial charge is 0.487 e. The van der Waals surface area contributed by atoms with E-state index >= 15 is 0 Å². The molecule has 1 heterocycles. The molecule has 0 radical (unpaired) electrons. The standard InChI is InChI=1S/C16H18ClN3O2/c1-12(22-15-7-3-2-6-14(15)17)9-19-16(21)20-11-13-5-4-8-18-10-13/h2-8,10,12H,9,11H2,1H3,(H2,19,20,21)/t12-/m1/s1. The molecule has 0 aliphatic rings. The minimum absolute atomic E-state index is 0.191. The lowest BCUT2D eigenvalue weighted by atomic mass is 10.3. The number of pyridine rings is 1. The molecular formula is C16H18ClN3O2. The number of carbonyl (C=O) groups excluding carboxylic acids is 1. The number of ether oxygens (including phenoxy) is 1. The summed E-state index contributed by atoms with van der Waals surface area (Å²) in [5.41, 5.74) is 0.943. The fraction of sp³-hybridized carbons (Fsp3) is 0.250. The number of nitrogens with zero attached hydrogens (tertiary/aromatic N) is 1. The van der Waals surface area contributed by atoms with Crippen molar-refractivity contribution < 1.29 is 9.53 Å². The summed E-state index contributed by atoms with van der Waals surface area (Å²) < 4.78 is 5.67. The van der Waals surface area contributed by atoms with E-state index in [1.165, 1.54) is 0 Å². The molecule has 0 unspecified atom stereocenters. The lowest BCUT2D eigenvalue weighted by Crippen LogP contribution is -2.40. The number of hydrogen-bond donors (Lipinski definition) is 2. The highest BCUT2D eigenvalue weighted by atomic mass is 35.5. The van der Waals surface area contributed by atoms with Crippen molar-refractivity contribution in [1.82, 2.24) is 15.6 Å². The van der Waals surface area contributed by atoms with E-state index in [0.717, 1.165) is 5.56 Å². The van der Waals surface area contributed by atoms with Gasteiger partial charge in [0, 0.05) is 18.9 Å². The molecule has 0 saturated heterocycles. The second-order valence-corrected chi connectivity index (χ2v) is 5.19. The number of benzene rings is 1. The summed E-state index contributed by atoms with van der Waals surface area (Å²) in [5.74, 6) is 0.606. The molecular weight excluding hydrogens is 302 g/mol. The van der Waals surface area contributed by atoms with Gasteiger partial charge in [-0.25, -0.2) is 4.79 Å². The number of urea groups is 1. The van der Waals surface area contributed by atoms with Gasteiger partial charge in [-0.05, 0) is 30.7 Å². The van der Waals surface area contributed by atoms with Crippen LogP contribution < -0.4 is 15.4 Å². The molecule has 0 aliphatic carbocycles. The maximum atomic E-state index is 11.7. The van der Waals surface area contributed by atoms with E-state index < -0.39 is 0 Å². The van der Waals surface area contributed by atoms with Gasteiger partial charge in [-0.15, -0.1) is 0 Å². The van der Waals surface area contributed by atoms with E-state index in [9.17, 15) is 4.79 Å². The third kappa shape index (κ3) is 5.26.